The summed E-state index contributed by atoms with van der Waals surface area (Å²) >= 11 is 0. The third kappa shape index (κ3) is 13.7. The highest BCUT2D eigenvalue weighted by atomic mass is 31.2. The van der Waals surface area contributed by atoms with Gasteiger partial charge in [0.25, 0.3) is 0 Å². The van der Waals surface area contributed by atoms with Gasteiger partial charge in [0.1, 0.15) is 6.15 Å². The van der Waals surface area contributed by atoms with Gasteiger partial charge >= 0.3 is 49.4 Å². The molecule has 0 aromatic heterocycles. The summed E-state index contributed by atoms with van der Waals surface area (Å²) in [7, 11) is -0.661. The molecule has 0 aliphatic rings. The molecule has 0 atom stereocenters. The van der Waals surface area contributed by atoms with Crippen molar-refractivity contribution in [2.24, 2.45) is 0 Å². The molecule has 0 saturated heterocycles. The molecule has 0 N–H and O–H groups in total. The molecule has 0 aliphatic heterocycles. The topological polar surface area (TPSA) is 0 Å². The zero-order valence-corrected chi connectivity index (χ0v) is 37.1. The smallest absolute Gasteiger partial charge is 0.194 e. The van der Waals surface area contributed by atoms with Gasteiger partial charge in [-0.3, -0.25) is 0 Å². The van der Waals surface area contributed by atoms with Crippen molar-refractivity contribution in [2.75, 3.05) is 18.5 Å². The minimum absolute atomic E-state index is 0.661. The molecule has 0 nitrogen and oxygen atoms in total. The Kier molecular flexibility index (Phi) is 16.5. The third-order valence-corrected chi connectivity index (χ3v) is 16.9. The van der Waals surface area contributed by atoms with Crippen LogP contribution in [0.15, 0.2) is 103 Å². The maximum atomic E-state index is 14.2. The van der Waals surface area contributed by atoms with Gasteiger partial charge in [-0.2, -0.15) is 127 Å². The van der Waals surface area contributed by atoms with E-state index in [4.69, 9.17) is 0 Å². The first kappa shape index (κ1) is 58.5. The van der Waals surface area contributed by atoms with Crippen LogP contribution in [0.1, 0.15) is 70.8 Å². The molecular weight excluding hydrogens is 1040 g/mol. The molecule has 0 fully saturated rings. The summed E-state index contributed by atoms with van der Waals surface area (Å²) in [4.78, 5) is 0. The van der Waals surface area contributed by atoms with Crippen molar-refractivity contribution in [1.29, 1.82) is 0 Å². The maximum Gasteiger partial charge on any atom is 0.416 e. The number of halogens is 24. The van der Waals surface area contributed by atoms with E-state index < -0.39 is 202 Å². The largest absolute Gasteiger partial charge is 0.416 e. The fraction of sp³-hybridized carbons (Fsp3) is 0.333. The van der Waals surface area contributed by atoms with Crippen molar-refractivity contribution >= 4 is 35.3 Å². The van der Waals surface area contributed by atoms with Crippen molar-refractivity contribution in [3.8, 4) is 0 Å². The average molecular weight is 1070 g/mol. The molecule has 0 amide bonds. The zero-order chi connectivity index (χ0) is 54.4. The summed E-state index contributed by atoms with van der Waals surface area (Å²) < 4.78 is 341. The number of rotatable bonds is 9. The molecular formula is C45H34BF24P. The fourth-order valence-electron chi connectivity index (χ4n) is 8.05. The Morgan fingerprint density at radius 1 is 0.296 bits per heavy atom. The first-order valence-corrected chi connectivity index (χ1v) is 22.8. The highest BCUT2D eigenvalue weighted by Gasteiger charge is 2.47. The average Bonchev–Trinajstić information content (AvgIpc) is 3.24. The number of benzene rings is 5. The van der Waals surface area contributed by atoms with Gasteiger partial charge in [-0.1, -0.05) is 78.9 Å². The lowest BCUT2D eigenvalue weighted by molar-refractivity contribution is -0.144. The van der Waals surface area contributed by atoms with Gasteiger partial charge in [0.15, 0.2) is 0 Å². The second-order valence-electron chi connectivity index (χ2n) is 16.2. The summed E-state index contributed by atoms with van der Waals surface area (Å²) in [5, 5.41) is 0. The Balaban J connectivity index is 0.000000671. The van der Waals surface area contributed by atoms with Gasteiger partial charge in [-0.05, 0) is 50.6 Å². The Hall–Kier alpha value is -5.09. The van der Waals surface area contributed by atoms with E-state index in [0.717, 1.165) is 0 Å². The predicted octanol–water partition coefficient (Wildman–Crippen LogP) is 15.5. The van der Waals surface area contributed by atoms with Crippen molar-refractivity contribution in [1.82, 2.24) is 0 Å². The Bertz CT molecular complexity index is 2180. The molecule has 390 valence electrons. The van der Waals surface area contributed by atoms with Crippen LogP contribution in [-0.2, 0) is 55.6 Å². The molecule has 0 spiro atoms. The summed E-state index contributed by atoms with van der Waals surface area (Å²) in [5.41, 5.74) is -28.7. The Morgan fingerprint density at radius 2 is 0.479 bits per heavy atom. The fourth-order valence-corrected chi connectivity index (χ4v) is 11.0. The summed E-state index contributed by atoms with van der Waals surface area (Å²) in [6.07, 6.45) is -49.3. The van der Waals surface area contributed by atoms with Crippen LogP contribution >= 0.6 is 7.26 Å². The van der Waals surface area contributed by atoms with Gasteiger partial charge in [-0.15, -0.1) is 0 Å². The van der Waals surface area contributed by atoms with Gasteiger partial charge in [-0.25, -0.2) is 0 Å². The van der Waals surface area contributed by atoms with E-state index in [-0.39, 0.29) is 0 Å². The van der Waals surface area contributed by atoms with Gasteiger partial charge < -0.3 is 0 Å². The summed E-state index contributed by atoms with van der Waals surface area (Å²) in [6, 6.07) is 2.16. The molecule has 5 rings (SSSR count). The maximum absolute atomic E-state index is 14.2. The van der Waals surface area contributed by atoms with Gasteiger partial charge in [0.05, 0.1) is 69.2 Å². The summed E-state index contributed by atoms with van der Waals surface area (Å²) in [5.74, 6) is 0. The monoisotopic (exact) mass is 1070 g/mol. The van der Waals surface area contributed by atoms with Gasteiger partial charge in [0.2, 0.25) is 0 Å². The van der Waals surface area contributed by atoms with E-state index in [0.29, 0.717) is 0 Å². The van der Waals surface area contributed by atoms with E-state index in [1.54, 1.807) is 0 Å². The molecule has 0 heterocycles. The van der Waals surface area contributed by atoms with Crippen LogP contribution < -0.4 is 21.9 Å². The quantitative estimate of drug-likeness (QED) is 0.0784. The molecule has 5 aromatic carbocycles. The van der Waals surface area contributed by atoms with E-state index in [1.165, 1.54) is 30.2 Å². The lowest BCUT2D eigenvalue weighted by atomic mass is 9.12. The molecule has 71 heavy (non-hydrogen) atoms. The Morgan fingerprint density at radius 3 is 0.634 bits per heavy atom. The minimum atomic E-state index is -6.13. The van der Waals surface area contributed by atoms with E-state index in [2.05, 4.69) is 51.1 Å². The van der Waals surface area contributed by atoms with Crippen LogP contribution in [0, 0.1) is 0 Å². The molecule has 26 heteroatoms. The van der Waals surface area contributed by atoms with E-state index in [1.807, 2.05) is 0 Å². The molecule has 0 saturated carbocycles. The van der Waals surface area contributed by atoms with E-state index in [9.17, 15) is 105 Å². The van der Waals surface area contributed by atoms with Crippen molar-refractivity contribution in [2.45, 2.75) is 76.3 Å². The van der Waals surface area contributed by atoms with Crippen molar-refractivity contribution < 1.29 is 105 Å². The normalized spacial score (nSPS) is 13.8. The van der Waals surface area contributed by atoms with Crippen LogP contribution in [-0.4, -0.2) is 24.6 Å². The first-order valence-electron chi connectivity index (χ1n) is 20.3. The molecule has 0 radical (unpaired) electrons. The van der Waals surface area contributed by atoms with E-state index >= 15 is 0 Å². The van der Waals surface area contributed by atoms with Crippen LogP contribution in [0.4, 0.5) is 105 Å². The molecule has 0 bridgehead atoms. The predicted molar refractivity (Wildman–Crippen MR) is 219 cm³/mol. The minimum Gasteiger partial charge on any atom is -0.194 e. The highest BCUT2D eigenvalue weighted by molar-refractivity contribution is 7.75. The number of alkyl halides is 24. The molecule has 5 aromatic rings. The molecule has 0 unspecified atom stereocenters. The van der Waals surface area contributed by atoms with Crippen LogP contribution in [0.3, 0.4) is 0 Å². The second kappa shape index (κ2) is 20.1. The van der Waals surface area contributed by atoms with Crippen LogP contribution in [0.5, 0.6) is 0 Å². The lowest BCUT2D eigenvalue weighted by Crippen LogP contribution is -2.75. The summed E-state index contributed by atoms with van der Waals surface area (Å²) in [6.45, 7) is 7.09. The second-order valence-corrected chi connectivity index (χ2v) is 21.1. The van der Waals surface area contributed by atoms with Crippen LogP contribution in [0.2, 0.25) is 0 Å². The standard InChI is InChI=1S/C32H12BF24.C13H22P/c34-25(35,36)13-1-14(26(37,38)39)6-21(5-13)33(22-7-15(27(40,41)42)2-16(8-22)28(43,44)45,23-9-17(29(46,47)48)3-18(10-23)30(49,50)51)24-11-19(31(52,53)54)4-20(12-24)32(55,56)57;1-4-14(5-2,6-3)12-13-10-8-7-9-11-13/h1-12H;7-11H,4-6,12H2,1-3H3/q-1;+1. The highest BCUT2D eigenvalue weighted by Crippen LogP contribution is 2.60. The van der Waals surface area contributed by atoms with Crippen LogP contribution in [0.25, 0.3) is 0 Å². The van der Waals surface area contributed by atoms with Gasteiger partial charge in [0, 0.05) is 7.26 Å². The number of hydrogen-bond donors (Lipinski definition) is 0. The third-order valence-electron chi connectivity index (χ3n) is 11.8. The first-order chi connectivity index (χ1) is 32.0. The SMILES string of the molecule is CC[P+](CC)(CC)Cc1ccccc1.FC(F)(F)c1cc([B-](c2cc(C(F)(F)F)cc(C(F)(F)F)c2)(c2cc(C(F)(F)F)cc(C(F)(F)F)c2)c2cc(C(F)(F)F)cc(C(F)(F)F)c2)cc(C(F)(F)F)c1. The zero-order valence-electron chi connectivity index (χ0n) is 36.2. The number of hydrogen-bond acceptors (Lipinski definition) is 0. The lowest BCUT2D eigenvalue weighted by Gasteiger charge is -2.46. The van der Waals surface area contributed by atoms with Crippen molar-refractivity contribution in [3.05, 3.63) is 153 Å². The van der Waals surface area contributed by atoms with Crippen molar-refractivity contribution in [3.63, 3.8) is 0 Å². The molecule has 0 aliphatic carbocycles. The Labute approximate surface area is 388 Å².